The van der Waals surface area contributed by atoms with Gasteiger partial charge in [-0.25, -0.2) is 9.97 Å². The predicted octanol–water partition coefficient (Wildman–Crippen LogP) is 2.00. The number of alkyl halides is 3. The van der Waals surface area contributed by atoms with Gasteiger partial charge in [0.15, 0.2) is 0 Å². The topological polar surface area (TPSA) is 61.3 Å². The average Bonchev–Trinajstić information content (AvgIpc) is 2.47. The molecule has 2 heterocycles. The minimum Gasteiger partial charge on any atom is -0.390 e. The summed E-state index contributed by atoms with van der Waals surface area (Å²) in [5.74, 6) is 0.589. The van der Waals surface area contributed by atoms with E-state index in [1.54, 1.807) is 0 Å². The summed E-state index contributed by atoms with van der Waals surface area (Å²) in [6.45, 7) is 4.71. The molecular formula is C14H21F3N4O. The zero-order valence-corrected chi connectivity index (χ0v) is 12.5. The lowest BCUT2D eigenvalue weighted by Crippen LogP contribution is -2.40. The molecule has 1 aliphatic heterocycles. The zero-order chi connectivity index (χ0) is 16.2. The van der Waals surface area contributed by atoms with Gasteiger partial charge in [-0.15, -0.1) is 0 Å². The summed E-state index contributed by atoms with van der Waals surface area (Å²) in [6.07, 6.45) is -1.90. The van der Waals surface area contributed by atoms with Gasteiger partial charge in [0.25, 0.3) is 0 Å². The van der Waals surface area contributed by atoms with Crippen LogP contribution in [0.3, 0.4) is 0 Å². The highest BCUT2D eigenvalue weighted by Crippen LogP contribution is 2.27. The Labute approximate surface area is 127 Å². The first kappa shape index (κ1) is 17.0. The molecule has 1 atom stereocenters. The normalized spacial score (nSPS) is 19.1. The molecule has 2 rings (SSSR count). The van der Waals surface area contributed by atoms with Crippen LogP contribution in [0, 0.1) is 5.92 Å². The summed E-state index contributed by atoms with van der Waals surface area (Å²) < 4.78 is 37.6. The van der Waals surface area contributed by atoms with Crippen molar-refractivity contribution >= 4 is 5.95 Å². The van der Waals surface area contributed by atoms with Gasteiger partial charge in [0.2, 0.25) is 5.95 Å². The number of aliphatic hydroxyl groups is 1. The van der Waals surface area contributed by atoms with Gasteiger partial charge in [0, 0.05) is 19.3 Å². The molecule has 0 aliphatic carbocycles. The van der Waals surface area contributed by atoms with Gasteiger partial charge in [-0.3, -0.25) is 0 Å². The number of aromatic nitrogens is 2. The molecule has 1 aromatic heterocycles. The summed E-state index contributed by atoms with van der Waals surface area (Å²) >= 11 is 0. The van der Waals surface area contributed by atoms with Gasteiger partial charge in [-0.1, -0.05) is 6.92 Å². The number of piperidine rings is 1. The Balaban J connectivity index is 1.80. The Morgan fingerprint density at radius 2 is 2.09 bits per heavy atom. The van der Waals surface area contributed by atoms with Crippen molar-refractivity contribution < 1.29 is 18.3 Å². The number of nitrogens with one attached hydrogen (secondary N) is 1. The molecule has 0 saturated carbocycles. The maximum absolute atomic E-state index is 12.5. The Morgan fingerprint density at radius 3 is 2.73 bits per heavy atom. The second-order valence-electron chi connectivity index (χ2n) is 5.78. The highest BCUT2D eigenvalue weighted by atomic mass is 19.4. The molecule has 124 valence electrons. The van der Waals surface area contributed by atoms with E-state index in [-0.39, 0.29) is 12.5 Å². The van der Waals surface area contributed by atoms with E-state index in [1.165, 1.54) is 0 Å². The molecule has 22 heavy (non-hydrogen) atoms. The summed E-state index contributed by atoms with van der Waals surface area (Å²) in [7, 11) is 0. The Kier molecular flexibility index (Phi) is 5.57. The van der Waals surface area contributed by atoms with Gasteiger partial charge in [0.05, 0.1) is 6.10 Å². The minimum absolute atomic E-state index is 0.118. The molecule has 1 aromatic rings. The van der Waals surface area contributed by atoms with Crippen LogP contribution in [0.4, 0.5) is 19.1 Å². The van der Waals surface area contributed by atoms with Gasteiger partial charge < -0.3 is 15.3 Å². The van der Waals surface area contributed by atoms with Crippen LogP contribution in [0.2, 0.25) is 0 Å². The molecule has 1 saturated heterocycles. The quantitative estimate of drug-likeness (QED) is 0.869. The first-order chi connectivity index (χ1) is 10.3. The van der Waals surface area contributed by atoms with E-state index in [4.69, 9.17) is 0 Å². The summed E-state index contributed by atoms with van der Waals surface area (Å²) in [5.41, 5.74) is -0.996. The van der Waals surface area contributed by atoms with Gasteiger partial charge in [0.1, 0.15) is 5.69 Å². The van der Waals surface area contributed by atoms with E-state index in [0.717, 1.165) is 38.2 Å². The SMILES string of the molecule is CC1CCN(CC(O)CNc2nccc(C(F)(F)F)n2)CC1. The molecule has 0 radical (unpaired) electrons. The van der Waals surface area contributed by atoms with Crippen LogP contribution in [0.5, 0.6) is 0 Å². The van der Waals surface area contributed by atoms with E-state index in [9.17, 15) is 18.3 Å². The van der Waals surface area contributed by atoms with Crippen molar-refractivity contribution in [3.05, 3.63) is 18.0 Å². The monoisotopic (exact) mass is 318 g/mol. The summed E-state index contributed by atoms with van der Waals surface area (Å²) in [5, 5.41) is 12.6. The van der Waals surface area contributed by atoms with Crippen LogP contribution >= 0.6 is 0 Å². The molecule has 1 unspecified atom stereocenters. The molecule has 0 amide bonds. The second-order valence-corrected chi connectivity index (χ2v) is 5.78. The number of hydrogen-bond donors (Lipinski definition) is 2. The summed E-state index contributed by atoms with van der Waals surface area (Å²) in [4.78, 5) is 9.30. The first-order valence-corrected chi connectivity index (χ1v) is 7.39. The highest BCUT2D eigenvalue weighted by Gasteiger charge is 2.32. The maximum Gasteiger partial charge on any atom is 0.433 e. The number of halogens is 3. The zero-order valence-electron chi connectivity index (χ0n) is 12.5. The smallest absolute Gasteiger partial charge is 0.390 e. The number of likely N-dealkylation sites (tertiary alicyclic amines) is 1. The van der Waals surface area contributed by atoms with Gasteiger partial charge >= 0.3 is 6.18 Å². The van der Waals surface area contributed by atoms with Crippen LogP contribution < -0.4 is 5.32 Å². The van der Waals surface area contributed by atoms with Crippen LogP contribution in [0.15, 0.2) is 12.3 Å². The number of aliphatic hydroxyl groups excluding tert-OH is 1. The van der Waals surface area contributed by atoms with Crippen molar-refractivity contribution in [3.8, 4) is 0 Å². The van der Waals surface area contributed by atoms with E-state index >= 15 is 0 Å². The molecule has 5 nitrogen and oxygen atoms in total. The van der Waals surface area contributed by atoms with Gasteiger partial charge in [-0.2, -0.15) is 13.2 Å². The predicted molar refractivity (Wildman–Crippen MR) is 76.4 cm³/mol. The number of β-amino-alcohol motifs (C(OH)–C–C–N with tert-alkyl or cyclic N) is 1. The van der Waals surface area contributed by atoms with Crippen LogP contribution in [-0.4, -0.2) is 52.3 Å². The lowest BCUT2D eigenvalue weighted by Gasteiger charge is -2.31. The van der Waals surface area contributed by atoms with Crippen molar-refractivity contribution in [2.45, 2.75) is 32.0 Å². The average molecular weight is 318 g/mol. The standard InChI is InChI=1S/C14H21F3N4O/c1-10-3-6-21(7-4-10)9-11(22)8-19-13-18-5-2-12(20-13)14(15,16)17/h2,5,10-11,22H,3-4,6-9H2,1H3,(H,18,19,20). The third-order valence-corrected chi connectivity index (χ3v) is 3.79. The fourth-order valence-electron chi connectivity index (χ4n) is 2.42. The largest absolute Gasteiger partial charge is 0.433 e. The number of hydrogen-bond acceptors (Lipinski definition) is 5. The molecule has 0 bridgehead atoms. The fourth-order valence-corrected chi connectivity index (χ4v) is 2.42. The summed E-state index contributed by atoms with van der Waals surface area (Å²) in [6, 6.07) is 0.816. The van der Waals surface area contributed by atoms with E-state index in [0.29, 0.717) is 12.5 Å². The van der Waals surface area contributed by atoms with Crippen LogP contribution in [0.25, 0.3) is 0 Å². The maximum atomic E-state index is 12.5. The Hall–Kier alpha value is -1.41. The van der Waals surface area contributed by atoms with E-state index in [2.05, 4.69) is 27.1 Å². The van der Waals surface area contributed by atoms with Crippen molar-refractivity contribution in [2.24, 2.45) is 5.92 Å². The van der Waals surface area contributed by atoms with Crippen molar-refractivity contribution in [1.82, 2.24) is 14.9 Å². The number of rotatable bonds is 5. The Bertz CT molecular complexity index is 475. The van der Waals surface area contributed by atoms with E-state index < -0.39 is 18.0 Å². The van der Waals surface area contributed by atoms with Crippen LogP contribution in [0.1, 0.15) is 25.5 Å². The van der Waals surface area contributed by atoms with Gasteiger partial charge in [-0.05, 0) is 37.9 Å². The Morgan fingerprint density at radius 1 is 1.41 bits per heavy atom. The minimum atomic E-state index is -4.50. The second kappa shape index (κ2) is 7.23. The third kappa shape index (κ3) is 5.10. The highest BCUT2D eigenvalue weighted by molar-refractivity contribution is 5.26. The molecule has 0 spiro atoms. The number of nitrogens with zero attached hydrogens (tertiary/aromatic N) is 3. The molecule has 1 fully saturated rings. The van der Waals surface area contributed by atoms with E-state index in [1.807, 2.05) is 0 Å². The number of anilines is 1. The van der Waals surface area contributed by atoms with Crippen molar-refractivity contribution in [3.63, 3.8) is 0 Å². The first-order valence-electron chi connectivity index (χ1n) is 7.39. The lowest BCUT2D eigenvalue weighted by atomic mass is 9.99. The van der Waals surface area contributed by atoms with Crippen molar-refractivity contribution in [1.29, 1.82) is 0 Å². The van der Waals surface area contributed by atoms with Crippen molar-refractivity contribution in [2.75, 3.05) is 31.5 Å². The molecule has 2 N–H and O–H groups in total. The molecule has 1 aliphatic rings. The molecular weight excluding hydrogens is 297 g/mol. The molecule has 8 heteroatoms. The van der Waals surface area contributed by atoms with Crippen LogP contribution in [-0.2, 0) is 6.18 Å². The lowest BCUT2D eigenvalue weighted by molar-refractivity contribution is -0.141. The third-order valence-electron chi connectivity index (χ3n) is 3.79. The molecule has 0 aromatic carbocycles. The fraction of sp³-hybridized carbons (Fsp3) is 0.714.